The summed E-state index contributed by atoms with van der Waals surface area (Å²) in [7, 11) is 0. The molecule has 0 fully saturated rings. The quantitative estimate of drug-likeness (QED) is 0.249. The number of Topliss-reactive ketones (excluding diaryl/α,β-unsaturated/α-hetero) is 1. The first kappa shape index (κ1) is 19.8. The monoisotopic (exact) mass is 426 g/mol. The Labute approximate surface area is 185 Å². The van der Waals surface area contributed by atoms with Gasteiger partial charge in [-0.3, -0.25) is 14.2 Å². The van der Waals surface area contributed by atoms with Crippen LogP contribution < -0.4 is 5.56 Å². The maximum absolute atomic E-state index is 13.2. The summed E-state index contributed by atoms with van der Waals surface area (Å²) in [5.41, 5.74) is 4.66. The van der Waals surface area contributed by atoms with Crippen LogP contribution in [-0.4, -0.2) is 21.1 Å². The minimum Gasteiger partial charge on any atom is -0.293 e. The Morgan fingerprint density at radius 1 is 0.903 bits per heavy atom. The lowest BCUT2D eigenvalue weighted by molar-refractivity contribution is 0.102. The van der Waals surface area contributed by atoms with Gasteiger partial charge in [0.25, 0.3) is 5.56 Å². The summed E-state index contributed by atoms with van der Waals surface area (Å²) in [6.45, 7) is 0. The van der Waals surface area contributed by atoms with E-state index < -0.39 is 0 Å². The summed E-state index contributed by atoms with van der Waals surface area (Å²) in [5.74, 6) is 0.288. The summed E-state index contributed by atoms with van der Waals surface area (Å²) in [4.78, 5) is 30.9. The zero-order chi connectivity index (χ0) is 21.2. The van der Waals surface area contributed by atoms with Crippen LogP contribution in [0.15, 0.2) is 82.7 Å². The first-order valence-corrected chi connectivity index (χ1v) is 11.5. The maximum atomic E-state index is 13.2. The van der Waals surface area contributed by atoms with Crippen molar-refractivity contribution >= 4 is 28.4 Å². The Morgan fingerprint density at radius 3 is 2.48 bits per heavy atom. The fraction of sp³-hybridized carbons (Fsp3) is 0.192. The summed E-state index contributed by atoms with van der Waals surface area (Å²) in [6.07, 6.45) is 4.55. The number of fused-ring (bicyclic) bond motifs is 2. The lowest BCUT2D eigenvalue weighted by Gasteiger charge is -2.16. The zero-order valence-corrected chi connectivity index (χ0v) is 17.9. The molecule has 31 heavy (non-hydrogen) atoms. The second-order valence-electron chi connectivity index (χ2n) is 7.79. The molecule has 0 aliphatic heterocycles. The van der Waals surface area contributed by atoms with Crippen molar-refractivity contribution in [1.29, 1.82) is 0 Å². The molecule has 0 saturated carbocycles. The molecule has 0 saturated heterocycles. The molecule has 1 heterocycles. The van der Waals surface area contributed by atoms with E-state index in [9.17, 15) is 9.59 Å². The van der Waals surface area contributed by atoms with Crippen molar-refractivity contribution in [3.05, 3.63) is 99.8 Å². The summed E-state index contributed by atoms with van der Waals surface area (Å²) < 4.78 is 1.60. The molecular weight excluding hydrogens is 404 g/mol. The van der Waals surface area contributed by atoms with Crippen molar-refractivity contribution < 1.29 is 4.79 Å². The standard InChI is InChI=1S/C26H22N2O2S/c29-24(20-15-14-18-8-4-5-9-19(18)16-20)17-31-26-27-23-13-7-6-12-22(23)25(30)28(26)21-10-2-1-3-11-21/h1-3,6-7,10-16H,4-5,8-9,17H2. The number of carbonyl (C=O) groups is 1. The van der Waals surface area contributed by atoms with Crippen LogP contribution in [0.3, 0.4) is 0 Å². The van der Waals surface area contributed by atoms with E-state index in [0.29, 0.717) is 16.1 Å². The van der Waals surface area contributed by atoms with Gasteiger partial charge in [-0.05, 0) is 67.1 Å². The third kappa shape index (κ3) is 3.93. The van der Waals surface area contributed by atoms with Gasteiger partial charge < -0.3 is 0 Å². The van der Waals surface area contributed by atoms with Crippen molar-refractivity contribution in [3.8, 4) is 5.69 Å². The second kappa shape index (κ2) is 8.52. The Kier molecular flexibility index (Phi) is 5.43. The molecule has 4 nitrogen and oxygen atoms in total. The first-order valence-electron chi connectivity index (χ1n) is 10.6. The molecule has 0 atom stereocenters. The van der Waals surface area contributed by atoms with Crippen LogP contribution in [0.4, 0.5) is 0 Å². The Morgan fingerprint density at radius 2 is 1.65 bits per heavy atom. The van der Waals surface area contributed by atoms with Gasteiger partial charge >= 0.3 is 0 Å². The molecule has 0 N–H and O–H groups in total. The van der Waals surface area contributed by atoms with Gasteiger partial charge in [-0.1, -0.05) is 54.2 Å². The average molecular weight is 427 g/mol. The first-order chi connectivity index (χ1) is 15.2. The predicted molar refractivity (Wildman–Crippen MR) is 125 cm³/mol. The SMILES string of the molecule is O=C(CSc1nc2ccccc2c(=O)n1-c1ccccc1)c1ccc2c(c1)CCCC2. The highest BCUT2D eigenvalue weighted by Gasteiger charge is 2.17. The summed E-state index contributed by atoms with van der Waals surface area (Å²) in [6, 6.07) is 22.9. The topological polar surface area (TPSA) is 52.0 Å². The maximum Gasteiger partial charge on any atom is 0.266 e. The van der Waals surface area contributed by atoms with Gasteiger partial charge in [0.05, 0.1) is 22.3 Å². The molecule has 4 aromatic rings. The van der Waals surface area contributed by atoms with E-state index in [-0.39, 0.29) is 17.1 Å². The zero-order valence-electron chi connectivity index (χ0n) is 17.1. The molecular formula is C26H22N2O2S. The molecule has 1 aliphatic rings. The molecule has 0 amide bonds. The van der Waals surface area contributed by atoms with Gasteiger partial charge in [-0.15, -0.1) is 0 Å². The molecule has 1 aromatic heterocycles. The van der Waals surface area contributed by atoms with Crippen molar-refractivity contribution in [2.24, 2.45) is 0 Å². The number of carbonyl (C=O) groups excluding carboxylic acids is 1. The van der Waals surface area contributed by atoms with Crippen LogP contribution in [0.2, 0.25) is 0 Å². The van der Waals surface area contributed by atoms with Crippen LogP contribution in [0, 0.1) is 0 Å². The highest BCUT2D eigenvalue weighted by molar-refractivity contribution is 7.99. The van der Waals surface area contributed by atoms with E-state index in [2.05, 4.69) is 12.1 Å². The molecule has 3 aromatic carbocycles. The molecule has 0 radical (unpaired) electrons. The number of aryl methyl sites for hydroxylation is 2. The molecule has 0 unspecified atom stereocenters. The van der Waals surface area contributed by atoms with E-state index in [1.54, 1.807) is 10.6 Å². The predicted octanol–water partition coefficient (Wildman–Crippen LogP) is 5.24. The van der Waals surface area contributed by atoms with Gasteiger partial charge in [0.1, 0.15) is 0 Å². The van der Waals surface area contributed by atoms with E-state index in [1.807, 2.05) is 54.6 Å². The van der Waals surface area contributed by atoms with Gasteiger partial charge in [-0.2, -0.15) is 0 Å². The number of rotatable bonds is 5. The minimum atomic E-state index is -0.125. The number of ketones is 1. The van der Waals surface area contributed by atoms with Crippen LogP contribution in [0.1, 0.15) is 34.3 Å². The normalized spacial score (nSPS) is 13.2. The smallest absolute Gasteiger partial charge is 0.266 e. The Balaban J connectivity index is 1.49. The lowest BCUT2D eigenvalue weighted by atomic mass is 9.90. The number of nitrogens with zero attached hydrogens (tertiary/aromatic N) is 2. The second-order valence-corrected chi connectivity index (χ2v) is 8.73. The van der Waals surface area contributed by atoms with Crippen LogP contribution in [-0.2, 0) is 12.8 Å². The summed E-state index contributed by atoms with van der Waals surface area (Å²) >= 11 is 1.31. The van der Waals surface area contributed by atoms with E-state index >= 15 is 0 Å². The van der Waals surface area contributed by atoms with Crippen molar-refractivity contribution in [2.75, 3.05) is 5.75 Å². The highest BCUT2D eigenvalue weighted by Crippen LogP contribution is 2.25. The van der Waals surface area contributed by atoms with E-state index in [4.69, 9.17) is 4.98 Å². The fourth-order valence-corrected chi connectivity index (χ4v) is 5.04. The average Bonchev–Trinajstić information content (AvgIpc) is 2.83. The number of para-hydroxylation sites is 2. The van der Waals surface area contributed by atoms with E-state index in [0.717, 1.165) is 24.1 Å². The van der Waals surface area contributed by atoms with Gasteiger partial charge in [-0.25, -0.2) is 4.98 Å². The third-order valence-corrected chi connectivity index (χ3v) is 6.70. The van der Waals surface area contributed by atoms with E-state index in [1.165, 1.54) is 35.7 Å². The molecule has 0 bridgehead atoms. The number of aromatic nitrogens is 2. The van der Waals surface area contributed by atoms with Gasteiger partial charge in [0.15, 0.2) is 10.9 Å². The number of benzene rings is 3. The third-order valence-electron chi connectivity index (χ3n) is 5.76. The van der Waals surface area contributed by atoms with Crippen LogP contribution in [0.5, 0.6) is 0 Å². The van der Waals surface area contributed by atoms with Gasteiger partial charge in [0, 0.05) is 5.56 Å². The van der Waals surface area contributed by atoms with Crippen LogP contribution >= 0.6 is 11.8 Å². The van der Waals surface area contributed by atoms with Crippen LogP contribution in [0.25, 0.3) is 16.6 Å². The number of hydrogen-bond acceptors (Lipinski definition) is 4. The molecule has 0 spiro atoms. The van der Waals surface area contributed by atoms with Crippen molar-refractivity contribution in [2.45, 2.75) is 30.8 Å². The van der Waals surface area contributed by atoms with Gasteiger partial charge in [0.2, 0.25) is 0 Å². The summed E-state index contributed by atoms with van der Waals surface area (Å²) in [5, 5.41) is 1.10. The molecule has 5 rings (SSSR count). The Hall–Kier alpha value is -3.18. The largest absolute Gasteiger partial charge is 0.293 e. The Bertz CT molecular complexity index is 1330. The number of thioether (sulfide) groups is 1. The fourth-order valence-electron chi connectivity index (χ4n) is 4.13. The van der Waals surface area contributed by atoms with Crippen molar-refractivity contribution in [3.63, 3.8) is 0 Å². The lowest BCUT2D eigenvalue weighted by Crippen LogP contribution is -2.22. The van der Waals surface area contributed by atoms with Crippen molar-refractivity contribution in [1.82, 2.24) is 9.55 Å². The minimum absolute atomic E-state index is 0.0559. The molecule has 5 heteroatoms. The molecule has 1 aliphatic carbocycles. The molecule has 154 valence electrons. The number of hydrogen-bond donors (Lipinski definition) is 0. The highest BCUT2D eigenvalue weighted by atomic mass is 32.2.